The Labute approximate surface area is 107 Å². The van der Waals surface area contributed by atoms with Crippen LogP contribution >= 0.6 is 0 Å². The van der Waals surface area contributed by atoms with Gasteiger partial charge in [-0.1, -0.05) is 54.1 Å². The van der Waals surface area contributed by atoms with Gasteiger partial charge in [0.05, 0.1) is 0 Å². The fourth-order valence-electron chi connectivity index (χ4n) is 2.72. The molecule has 3 rings (SSSR count). The van der Waals surface area contributed by atoms with Crippen molar-refractivity contribution in [3.8, 4) is 0 Å². The fourth-order valence-corrected chi connectivity index (χ4v) is 2.72. The molecule has 2 aromatic carbocycles. The van der Waals surface area contributed by atoms with Crippen molar-refractivity contribution in [2.45, 2.75) is 25.7 Å². The van der Waals surface area contributed by atoms with Gasteiger partial charge in [-0.25, -0.2) is 0 Å². The summed E-state index contributed by atoms with van der Waals surface area (Å²) in [7, 11) is 0. The van der Waals surface area contributed by atoms with E-state index < -0.39 is 0 Å². The van der Waals surface area contributed by atoms with E-state index >= 15 is 0 Å². The first-order valence-electron chi connectivity index (χ1n) is 6.42. The molecule has 0 spiro atoms. The van der Waals surface area contributed by atoms with Gasteiger partial charge in [0.2, 0.25) is 0 Å². The Morgan fingerprint density at radius 1 is 0.944 bits per heavy atom. The maximum absolute atomic E-state index is 12.1. The van der Waals surface area contributed by atoms with Crippen molar-refractivity contribution in [2.75, 3.05) is 0 Å². The molecule has 18 heavy (non-hydrogen) atoms. The Kier molecular flexibility index (Phi) is 2.75. The Bertz CT molecular complexity index is 581. The predicted octanol–water partition coefficient (Wildman–Crippen LogP) is 3.91. The minimum atomic E-state index is 0.280. The number of benzene rings is 2. The minimum Gasteiger partial charge on any atom is -0.294 e. The molecule has 0 heterocycles. The Morgan fingerprint density at radius 2 is 1.67 bits per heavy atom. The summed E-state index contributed by atoms with van der Waals surface area (Å²) in [4.78, 5) is 12.1. The Morgan fingerprint density at radius 3 is 2.44 bits per heavy atom. The van der Waals surface area contributed by atoms with Gasteiger partial charge < -0.3 is 0 Å². The van der Waals surface area contributed by atoms with Gasteiger partial charge in [0.25, 0.3) is 0 Å². The first kappa shape index (κ1) is 11.2. The first-order chi connectivity index (χ1) is 8.74. The second-order valence-electron chi connectivity index (χ2n) is 5.10. The molecule has 1 nitrogen and oxygen atoms in total. The van der Waals surface area contributed by atoms with E-state index in [1.54, 1.807) is 0 Å². The zero-order valence-electron chi connectivity index (χ0n) is 10.5. The molecule has 0 N–H and O–H groups in total. The topological polar surface area (TPSA) is 17.1 Å². The van der Waals surface area contributed by atoms with Gasteiger partial charge in [-0.15, -0.1) is 0 Å². The van der Waals surface area contributed by atoms with Crippen molar-refractivity contribution < 1.29 is 4.79 Å². The van der Waals surface area contributed by atoms with Gasteiger partial charge in [-0.3, -0.25) is 4.79 Å². The monoisotopic (exact) mass is 236 g/mol. The lowest BCUT2D eigenvalue weighted by molar-refractivity contribution is 0.0964. The van der Waals surface area contributed by atoms with Crippen molar-refractivity contribution in [1.29, 1.82) is 0 Å². The van der Waals surface area contributed by atoms with Crippen LogP contribution in [-0.2, 0) is 6.42 Å². The molecule has 2 aromatic rings. The fraction of sp³-hybridized carbons (Fsp3) is 0.235. The van der Waals surface area contributed by atoms with E-state index in [9.17, 15) is 4.79 Å². The maximum Gasteiger partial charge on any atom is 0.163 e. The van der Waals surface area contributed by atoms with Gasteiger partial charge in [0, 0.05) is 12.0 Å². The lowest BCUT2D eigenvalue weighted by atomic mass is 9.79. The van der Waals surface area contributed by atoms with Crippen molar-refractivity contribution in [1.82, 2.24) is 0 Å². The van der Waals surface area contributed by atoms with E-state index in [1.165, 1.54) is 16.7 Å². The largest absolute Gasteiger partial charge is 0.294 e. The first-order valence-corrected chi connectivity index (χ1v) is 6.42. The number of aryl methyl sites for hydroxylation is 1. The second kappa shape index (κ2) is 4.41. The van der Waals surface area contributed by atoms with Gasteiger partial charge in [0.15, 0.2) is 5.78 Å². The lowest BCUT2D eigenvalue weighted by Crippen LogP contribution is -2.18. The number of fused-ring (bicyclic) bond motifs is 1. The smallest absolute Gasteiger partial charge is 0.163 e. The number of carbonyl (C=O) groups is 1. The van der Waals surface area contributed by atoms with Crippen molar-refractivity contribution >= 4 is 5.78 Å². The van der Waals surface area contributed by atoms with Crippen LogP contribution in [0.5, 0.6) is 0 Å². The van der Waals surface area contributed by atoms with Gasteiger partial charge in [0.1, 0.15) is 0 Å². The van der Waals surface area contributed by atoms with Gasteiger partial charge >= 0.3 is 0 Å². The molecule has 1 atom stereocenters. The molecule has 0 radical (unpaired) electrons. The maximum atomic E-state index is 12.1. The third-order valence-electron chi connectivity index (χ3n) is 3.76. The van der Waals surface area contributed by atoms with E-state index in [0.717, 1.165) is 12.0 Å². The SMILES string of the molecule is Cc1ccc(C2CC(=O)c3ccccc3C2)cc1. The normalized spacial score (nSPS) is 18.5. The summed E-state index contributed by atoms with van der Waals surface area (Å²) in [5, 5.41) is 0. The van der Waals surface area contributed by atoms with Crippen LogP contribution in [0.2, 0.25) is 0 Å². The molecule has 1 heteroatoms. The number of hydrogen-bond acceptors (Lipinski definition) is 1. The molecule has 0 saturated carbocycles. The Balaban J connectivity index is 1.94. The molecule has 1 unspecified atom stereocenters. The zero-order valence-corrected chi connectivity index (χ0v) is 10.5. The van der Waals surface area contributed by atoms with Crippen LogP contribution in [0.4, 0.5) is 0 Å². The average molecular weight is 236 g/mol. The summed E-state index contributed by atoms with van der Waals surface area (Å²) in [6.07, 6.45) is 1.62. The van der Waals surface area contributed by atoms with Crippen LogP contribution in [0.15, 0.2) is 48.5 Å². The summed E-state index contributed by atoms with van der Waals surface area (Å²) in [6.45, 7) is 2.09. The quantitative estimate of drug-likeness (QED) is 0.733. The molecule has 1 aliphatic carbocycles. The minimum absolute atomic E-state index is 0.280. The molecule has 0 aromatic heterocycles. The third kappa shape index (κ3) is 1.97. The van der Waals surface area contributed by atoms with Gasteiger partial charge in [-0.2, -0.15) is 0 Å². The lowest BCUT2D eigenvalue weighted by Gasteiger charge is -2.24. The highest BCUT2D eigenvalue weighted by Gasteiger charge is 2.25. The number of hydrogen-bond donors (Lipinski definition) is 0. The number of ketones is 1. The standard InChI is InChI=1S/C17H16O/c1-12-6-8-13(9-7-12)15-10-14-4-2-3-5-16(14)17(18)11-15/h2-9,15H,10-11H2,1H3. The highest BCUT2D eigenvalue weighted by molar-refractivity contribution is 5.99. The zero-order chi connectivity index (χ0) is 12.5. The van der Waals surface area contributed by atoms with Crippen molar-refractivity contribution in [2.24, 2.45) is 0 Å². The predicted molar refractivity (Wildman–Crippen MR) is 73.0 cm³/mol. The van der Waals surface area contributed by atoms with Gasteiger partial charge in [-0.05, 0) is 30.4 Å². The van der Waals surface area contributed by atoms with Crippen LogP contribution < -0.4 is 0 Å². The van der Waals surface area contributed by atoms with Crippen molar-refractivity contribution in [3.05, 3.63) is 70.8 Å². The second-order valence-corrected chi connectivity index (χ2v) is 5.10. The molecular formula is C17H16O. The summed E-state index contributed by atoms with van der Waals surface area (Å²) >= 11 is 0. The number of Topliss-reactive ketones (excluding diaryl/α,β-unsaturated/α-hetero) is 1. The summed E-state index contributed by atoms with van der Waals surface area (Å²) < 4.78 is 0. The molecular weight excluding hydrogens is 220 g/mol. The molecule has 90 valence electrons. The molecule has 0 aliphatic heterocycles. The molecule has 0 saturated heterocycles. The molecule has 0 amide bonds. The highest BCUT2D eigenvalue weighted by Crippen LogP contribution is 2.32. The van der Waals surface area contributed by atoms with Crippen LogP contribution in [0.1, 0.15) is 39.4 Å². The van der Waals surface area contributed by atoms with Crippen LogP contribution in [0.3, 0.4) is 0 Å². The van der Waals surface area contributed by atoms with E-state index in [-0.39, 0.29) is 5.78 Å². The summed E-state index contributed by atoms with van der Waals surface area (Å²) in [5.74, 6) is 0.621. The Hall–Kier alpha value is -1.89. The third-order valence-corrected chi connectivity index (χ3v) is 3.76. The van der Waals surface area contributed by atoms with E-state index in [2.05, 4.69) is 37.3 Å². The number of carbonyl (C=O) groups excluding carboxylic acids is 1. The summed E-state index contributed by atoms with van der Waals surface area (Å²) in [6, 6.07) is 16.5. The molecule has 0 bridgehead atoms. The van der Waals surface area contributed by atoms with Crippen LogP contribution in [-0.4, -0.2) is 5.78 Å². The van der Waals surface area contributed by atoms with E-state index in [4.69, 9.17) is 0 Å². The highest BCUT2D eigenvalue weighted by atomic mass is 16.1. The van der Waals surface area contributed by atoms with Crippen LogP contribution in [0, 0.1) is 6.92 Å². The van der Waals surface area contributed by atoms with Crippen molar-refractivity contribution in [3.63, 3.8) is 0 Å². The summed E-state index contributed by atoms with van der Waals surface area (Å²) in [5.41, 5.74) is 4.66. The molecule has 0 fully saturated rings. The number of rotatable bonds is 1. The van der Waals surface area contributed by atoms with E-state index in [1.807, 2.05) is 18.2 Å². The van der Waals surface area contributed by atoms with E-state index in [0.29, 0.717) is 12.3 Å². The molecule has 1 aliphatic rings. The average Bonchev–Trinajstić information content (AvgIpc) is 2.39. The van der Waals surface area contributed by atoms with Crippen LogP contribution in [0.25, 0.3) is 0 Å².